The van der Waals surface area contributed by atoms with Crippen LogP contribution in [0, 0.1) is 5.82 Å². The maximum absolute atomic E-state index is 12.6. The highest BCUT2D eigenvalue weighted by Crippen LogP contribution is 2.16. The Labute approximate surface area is 63.8 Å². The zero-order valence-corrected chi connectivity index (χ0v) is 6.13. The summed E-state index contributed by atoms with van der Waals surface area (Å²) in [6.07, 6.45) is 1.23. The SMILES string of the molecule is CC1=NCc2ncc(F)cc21. The fraction of sp³-hybridized carbons (Fsp3) is 0.250. The lowest BCUT2D eigenvalue weighted by Gasteiger charge is -1.96. The monoisotopic (exact) mass is 150 g/mol. The number of hydrogen-bond donors (Lipinski definition) is 0. The lowest BCUT2D eigenvalue weighted by atomic mass is 10.1. The van der Waals surface area contributed by atoms with Gasteiger partial charge in [0.25, 0.3) is 0 Å². The first-order valence-corrected chi connectivity index (χ1v) is 3.43. The second-order valence-corrected chi connectivity index (χ2v) is 2.55. The van der Waals surface area contributed by atoms with Gasteiger partial charge in [0, 0.05) is 11.3 Å². The Bertz CT molecular complexity index is 331. The summed E-state index contributed by atoms with van der Waals surface area (Å²) < 4.78 is 12.6. The van der Waals surface area contributed by atoms with Crippen molar-refractivity contribution in [1.82, 2.24) is 4.98 Å². The molecule has 2 rings (SSSR count). The summed E-state index contributed by atoms with van der Waals surface area (Å²) in [6.45, 7) is 2.47. The molecule has 2 heterocycles. The number of aliphatic imine (C=N–C) groups is 1. The van der Waals surface area contributed by atoms with Gasteiger partial charge in [-0.15, -0.1) is 0 Å². The van der Waals surface area contributed by atoms with Crippen molar-refractivity contribution in [2.75, 3.05) is 0 Å². The minimum absolute atomic E-state index is 0.291. The Kier molecular flexibility index (Phi) is 1.24. The molecule has 0 spiro atoms. The molecular formula is C8H7FN2. The first-order valence-electron chi connectivity index (χ1n) is 3.43. The third kappa shape index (κ3) is 0.926. The fourth-order valence-electron chi connectivity index (χ4n) is 1.19. The van der Waals surface area contributed by atoms with E-state index in [1.54, 1.807) is 0 Å². The minimum atomic E-state index is -0.291. The molecule has 11 heavy (non-hydrogen) atoms. The van der Waals surface area contributed by atoms with Gasteiger partial charge in [-0.25, -0.2) is 4.39 Å². The topological polar surface area (TPSA) is 25.2 Å². The van der Waals surface area contributed by atoms with E-state index < -0.39 is 0 Å². The van der Waals surface area contributed by atoms with E-state index in [-0.39, 0.29) is 5.82 Å². The van der Waals surface area contributed by atoms with Crippen LogP contribution < -0.4 is 0 Å². The number of hydrogen-bond acceptors (Lipinski definition) is 2. The van der Waals surface area contributed by atoms with Crippen molar-refractivity contribution >= 4 is 5.71 Å². The summed E-state index contributed by atoms with van der Waals surface area (Å²) in [5.41, 5.74) is 2.61. The molecular weight excluding hydrogens is 143 g/mol. The van der Waals surface area contributed by atoms with Crippen LogP contribution in [0.15, 0.2) is 17.3 Å². The molecule has 0 aliphatic carbocycles. The quantitative estimate of drug-likeness (QED) is 0.550. The summed E-state index contributed by atoms with van der Waals surface area (Å²) in [7, 11) is 0. The number of pyridine rings is 1. The third-order valence-corrected chi connectivity index (χ3v) is 1.79. The molecule has 0 saturated heterocycles. The Hall–Kier alpha value is -1.25. The van der Waals surface area contributed by atoms with Gasteiger partial charge < -0.3 is 0 Å². The molecule has 1 aromatic heterocycles. The predicted octanol–water partition coefficient (Wildman–Crippen LogP) is 1.54. The summed E-state index contributed by atoms with van der Waals surface area (Å²) in [6, 6.07) is 1.48. The number of aromatic nitrogens is 1. The van der Waals surface area contributed by atoms with E-state index in [0.29, 0.717) is 6.54 Å². The Balaban J connectivity index is 2.60. The van der Waals surface area contributed by atoms with Crippen LogP contribution in [0.2, 0.25) is 0 Å². The first kappa shape index (κ1) is 6.46. The van der Waals surface area contributed by atoms with Gasteiger partial charge in [-0.2, -0.15) is 0 Å². The summed E-state index contributed by atoms with van der Waals surface area (Å²) in [5, 5.41) is 0. The van der Waals surface area contributed by atoms with Crippen LogP contribution in [0.4, 0.5) is 4.39 Å². The Morgan fingerprint density at radius 3 is 3.18 bits per heavy atom. The summed E-state index contributed by atoms with van der Waals surface area (Å²) in [5.74, 6) is -0.291. The van der Waals surface area contributed by atoms with Gasteiger partial charge in [-0.3, -0.25) is 9.98 Å². The predicted molar refractivity (Wildman–Crippen MR) is 40.1 cm³/mol. The molecule has 0 saturated carbocycles. The van der Waals surface area contributed by atoms with Crippen molar-refractivity contribution in [2.45, 2.75) is 13.5 Å². The highest BCUT2D eigenvalue weighted by molar-refractivity contribution is 6.01. The molecule has 3 heteroatoms. The van der Waals surface area contributed by atoms with E-state index in [9.17, 15) is 4.39 Å². The van der Waals surface area contributed by atoms with E-state index in [0.717, 1.165) is 17.0 Å². The molecule has 0 unspecified atom stereocenters. The van der Waals surface area contributed by atoms with Crippen LogP contribution >= 0.6 is 0 Å². The summed E-state index contributed by atoms with van der Waals surface area (Å²) >= 11 is 0. The molecule has 1 aliphatic heterocycles. The van der Waals surface area contributed by atoms with Gasteiger partial charge in [0.05, 0.1) is 18.4 Å². The molecule has 0 N–H and O–H groups in total. The van der Waals surface area contributed by atoms with E-state index in [1.165, 1.54) is 12.3 Å². The zero-order chi connectivity index (χ0) is 7.84. The lowest BCUT2D eigenvalue weighted by molar-refractivity contribution is 0.619. The van der Waals surface area contributed by atoms with Gasteiger partial charge >= 0.3 is 0 Å². The maximum Gasteiger partial charge on any atom is 0.142 e. The fourth-order valence-corrected chi connectivity index (χ4v) is 1.19. The molecule has 1 aromatic rings. The third-order valence-electron chi connectivity index (χ3n) is 1.79. The van der Waals surface area contributed by atoms with Crippen molar-refractivity contribution in [3.05, 3.63) is 29.3 Å². The van der Waals surface area contributed by atoms with Crippen LogP contribution in [0.25, 0.3) is 0 Å². The Morgan fingerprint density at radius 1 is 1.55 bits per heavy atom. The van der Waals surface area contributed by atoms with Crippen molar-refractivity contribution in [3.8, 4) is 0 Å². The molecule has 0 atom stereocenters. The summed E-state index contributed by atoms with van der Waals surface area (Å²) in [4.78, 5) is 8.05. The second kappa shape index (κ2) is 2.12. The molecule has 56 valence electrons. The van der Waals surface area contributed by atoms with E-state index in [2.05, 4.69) is 9.98 Å². The maximum atomic E-state index is 12.6. The van der Waals surface area contributed by atoms with Crippen molar-refractivity contribution in [2.24, 2.45) is 4.99 Å². The van der Waals surface area contributed by atoms with E-state index in [1.807, 2.05) is 6.92 Å². The van der Waals surface area contributed by atoms with Crippen molar-refractivity contribution in [3.63, 3.8) is 0 Å². The standard InChI is InChI=1S/C8H7FN2/c1-5-7-2-6(9)3-11-8(7)4-10-5/h2-3H,4H2,1H3. The van der Waals surface area contributed by atoms with E-state index >= 15 is 0 Å². The lowest BCUT2D eigenvalue weighted by Crippen LogP contribution is -1.95. The molecule has 0 radical (unpaired) electrons. The molecule has 0 bridgehead atoms. The molecule has 2 nitrogen and oxygen atoms in total. The second-order valence-electron chi connectivity index (χ2n) is 2.55. The van der Waals surface area contributed by atoms with Crippen LogP contribution in [0.5, 0.6) is 0 Å². The van der Waals surface area contributed by atoms with Crippen LogP contribution in [0.3, 0.4) is 0 Å². The number of fused-ring (bicyclic) bond motifs is 1. The average molecular weight is 150 g/mol. The molecule has 1 aliphatic rings. The van der Waals surface area contributed by atoms with Gasteiger partial charge in [0.15, 0.2) is 0 Å². The normalized spacial score (nSPS) is 14.5. The van der Waals surface area contributed by atoms with Gasteiger partial charge in [0.2, 0.25) is 0 Å². The highest BCUT2D eigenvalue weighted by Gasteiger charge is 2.13. The largest absolute Gasteiger partial charge is 0.283 e. The van der Waals surface area contributed by atoms with Crippen molar-refractivity contribution < 1.29 is 4.39 Å². The van der Waals surface area contributed by atoms with Gasteiger partial charge in [-0.05, 0) is 13.0 Å². The number of halogens is 1. The van der Waals surface area contributed by atoms with Crippen LogP contribution in [-0.4, -0.2) is 10.7 Å². The van der Waals surface area contributed by atoms with Gasteiger partial charge in [-0.1, -0.05) is 0 Å². The molecule has 0 fully saturated rings. The molecule has 0 amide bonds. The average Bonchev–Trinajstić information content (AvgIpc) is 2.33. The molecule has 0 aromatic carbocycles. The van der Waals surface area contributed by atoms with Crippen molar-refractivity contribution in [1.29, 1.82) is 0 Å². The van der Waals surface area contributed by atoms with Gasteiger partial charge in [0.1, 0.15) is 5.82 Å². The number of rotatable bonds is 0. The highest BCUT2D eigenvalue weighted by atomic mass is 19.1. The smallest absolute Gasteiger partial charge is 0.142 e. The van der Waals surface area contributed by atoms with Crippen LogP contribution in [0.1, 0.15) is 18.2 Å². The van der Waals surface area contributed by atoms with E-state index in [4.69, 9.17) is 0 Å². The van der Waals surface area contributed by atoms with Crippen LogP contribution in [-0.2, 0) is 6.54 Å². The minimum Gasteiger partial charge on any atom is -0.283 e. The first-order chi connectivity index (χ1) is 5.27. The zero-order valence-electron chi connectivity index (χ0n) is 6.13. The number of nitrogens with zero attached hydrogens (tertiary/aromatic N) is 2. The Morgan fingerprint density at radius 2 is 2.36 bits per heavy atom.